The number of methoxy groups -OCH3 is 1. The highest BCUT2D eigenvalue weighted by Gasteiger charge is 2.22. The number of ether oxygens (including phenoxy) is 1. The molecule has 0 atom stereocenters. The number of piperazine rings is 1. The predicted molar refractivity (Wildman–Crippen MR) is 102 cm³/mol. The van der Waals surface area contributed by atoms with Gasteiger partial charge in [-0.3, -0.25) is 0 Å². The molecule has 1 heterocycles. The van der Waals surface area contributed by atoms with Gasteiger partial charge >= 0.3 is 12.0 Å². The van der Waals surface area contributed by atoms with E-state index in [1.807, 2.05) is 49.4 Å². The zero-order chi connectivity index (χ0) is 18.5. The van der Waals surface area contributed by atoms with Crippen LogP contribution in [0.2, 0.25) is 0 Å². The van der Waals surface area contributed by atoms with Crippen LogP contribution in [0.1, 0.15) is 15.9 Å². The van der Waals surface area contributed by atoms with Gasteiger partial charge in [-0.2, -0.15) is 0 Å². The molecule has 6 heteroatoms. The Hall–Kier alpha value is -3.02. The number of carbonyl (C=O) groups excluding carboxylic acids is 2. The molecule has 2 aromatic carbocycles. The molecule has 3 rings (SSSR count). The first-order valence-corrected chi connectivity index (χ1v) is 8.63. The maximum absolute atomic E-state index is 12.4. The largest absolute Gasteiger partial charge is 0.465 e. The minimum Gasteiger partial charge on any atom is -0.465 e. The summed E-state index contributed by atoms with van der Waals surface area (Å²) in [5.41, 5.74) is 3.45. The van der Waals surface area contributed by atoms with Crippen LogP contribution in [0.15, 0.2) is 48.5 Å². The van der Waals surface area contributed by atoms with Crippen LogP contribution in [0.3, 0.4) is 0 Å². The molecule has 0 aromatic heterocycles. The molecule has 0 aliphatic carbocycles. The van der Waals surface area contributed by atoms with E-state index in [4.69, 9.17) is 4.74 Å². The molecule has 0 spiro atoms. The summed E-state index contributed by atoms with van der Waals surface area (Å²) in [6.07, 6.45) is 0. The molecule has 2 amide bonds. The molecule has 2 aromatic rings. The summed E-state index contributed by atoms with van der Waals surface area (Å²) in [6.45, 7) is 4.69. The number of urea groups is 1. The SMILES string of the molecule is COC(=O)c1cccc(N2CCN(C(=O)Nc3ccc(C)cc3)CC2)c1. The third kappa shape index (κ3) is 4.14. The van der Waals surface area contributed by atoms with Crippen molar-refractivity contribution in [2.45, 2.75) is 6.92 Å². The van der Waals surface area contributed by atoms with Gasteiger partial charge in [0.05, 0.1) is 12.7 Å². The molecule has 0 bridgehead atoms. The highest BCUT2D eigenvalue weighted by atomic mass is 16.5. The van der Waals surface area contributed by atoms with E-state index in [1.54, 1.807) is 11.0 Å². The highest BCUT2D eigenvalue weighted by molar-refractivity contribution is 5.91. The van der Waals surface area contributed by atoms with Crippen LogP contribution >= 0.6 is 0 Å². The number of nitrogens with zero attached hydrogens (tertiary/aromatic N) is 2. The number of rotatable bonds is 3. The smallest absolute Gasteiger partial charge is 0.337 e. The van der Waals surface area contributed by atoms with Gasteiger partial charge in [0.2, 0.25) is 0 Å². The summed E-state index contributed by atoms with van der Waals surface area (Å²) in [6, 6.07) is 15.0. The van der Waals surface area contributed by atoms with E-state index < -0.39 is 0 Å². The van der Waals surface area contributed by atoms with Crippen LogP contribution in [0.4, 0.5) is 16.2 Å². The molecule has 0 unspecified atom stereocenters. The van der Waals surface area contributed by atoms with Gasteiger partial charge < -0.3 is 19.9 Å². The molecule has 1 aliphatic rings. The normalized spacial score (nSPS) is 14.1. The van der Waals surface area contributed by atoms with Crippen LogP contribution in [-0.4, -0.2) is 50.2 Å². The second-order valence-corrected chi connectivity index (χ2v) is 6.31. The van der Waals surface area contributed by atoms with E-state index >= 15 is 0 Å². The summed E-state index contributed by atoms with van der Waals surface area (Å²) < 4.78 is 4.77. The first kappa shape index (κ1) is 17.8. The number of esters is 1. The van der Waals surface area contributed by atoms with Crippen LogP contribution in [0, 0.1) is 6.92 Å². The number of benzene rings is 2. The fourth-order valence-corrected chi connectivity index (χ4v) is 2.95. The summed E-state index contributed by atoms with van der Waals surface area (Å²) in [7, 11) is 1.38. The van der Waals surface area contributed by atoms with E-state index in [0.717, 1.165) is 16.9 Å². The minimum absolute atomic E-state index is 0.0863. The quantitative estimate of drug-likeness (QED) is 0.861. The monoisotopic (exact) mass is 353 g/mol. The maximum Gasteiger partial charge on any atom is 0.337 e. The van der Waals surface area contributed by atoms with Crippen molar-refractivity contribution >= 4 is 23.4 Å². The molecule has 0 saturated carbocycles. The molecule has 26 heavy (non-hydrogen) atoms. The second-order valence-electron chi connectivity index (χ2n) is 6.31. The molecule has 6 nitrogen and oxygen atoms in total. The van der Waals surface area contributed by atoms with Crippen LogP contribution in [0.5, 0.6) is 0 Å². The highest BCUT2D eigenvalue weighted by Crippen LogP contribution is 2.19. The van der Waals surface area contributed by atoms with Crippen LogP contribution in [-0.2, 0) is 4.74 Å². The fourth-order valence-electron chi connectivity index (χ4n) is 2.95. The lowest BCUT2D eigenvalue weighted by molar-refractivity contribution is 0.0600. The third-order valence-corrected chi connectivity index (χ3v) is 4.50. The zero-order valence-corrected chi connectivity index (χ0v) is 15.1. The van der Waals surface area contributed by atoms with Crippen molar-refractivity contribution in [1.29, 1.82) is 0 Å². The summed E-state index contributed by atoms with van der Waals surface area (Å²) in [4.78, 5) is 28.1. The first-order chi connectivity index (χ1) is 12.6. The Morgan fingerprint density at radius 3 is 2.35 bits per heavy atom. The summed E-state index contributed by atoms with van der Waals surface area (Å²) in [5, 5.41) is 2.93. The number of hydrogen-bond donors (Lipinski definition) is 1. The van der Waals surface area contributed by atoms with Crippen LogP contribution < -0.4 is 10.2 Å². The van der Waals surface area contributed by atoms with Crippen LogP contribution in [0.25, 0.3) is 0 Å². The molecule has 1 N–H and O–H groups in total. The van der Waals surface area contributed by atoms with Gasteiger partial charge in [-0.1, -0.05) is 23.8 Å². The number of anilines is 2. The van der Waals surface area contributed by atoms with Gasteiger partial charge in [0.1, 0.15) is 0 Å². The van der Waals surface area contributed by atoms with Crippen molar-refractivity contribution in [2.24, 2.45) is 0 Å². The number of carbonyl (C=O) groups is 2. The van der Waals surface area contributed by atoms with E-state index in [0.29, 0.717) is 31.7 Å². The molecule has 1 saturated heterocycles. The molecular formula is C20H23N3O3. The lowest BCUT2D eigenvalue weighted by Crippen LogP contribution is -2.50. The van der Waals surface area contributed by atoms with E-state index in [1.165, 1.54) is 7.11 Å². The van der Waals surface area contributed by atoms with Crippen molar-refractivity contribution in [2.75, 3.05) is 43.5 Å². The Balaban J connectivity index is 1.58. The van der Waals surface area contributed by atoms with Crippen molar-refractivity contribution in [1.82, 2.24) is 4.90 Å². The Labute approximate surface area is 153 Å². The number of amides is 2. The molecular weight excluding hydrogens is 330 g/mol. The van der Waals surface area contributed by atoms with Gasteiger partial charge in [-0.15, -0.1) is 0 Å². The van der Waals surface area contributed by atoms with E-state index in [-0.39, 0.29) is 12.0 Å². The summed E-state index contributed by atoms with van der Waals surface area (Å²) >= 11 is 0. The van der Waals surface area contributed by atoms with Crippen molar-refractivity contribution in [3.8, 4) is 0 Å². The average Bonchev–Trinajstić information content (AvgIpc) is 2.69. The Morgan fingerprint density at radius 2 is 1.69 bits per heavy atom. The van der Waals surface area contributed by atoms with Gasteiger partial charge in [-0.25, -0.2) is 9.59 Å². The summed E-state index contributed by atoms with van der Waals surface area (Å²) in [5.74, 6) is -0.344. The molecule has 0 radical (unpaired) electrons. The van der Waals surface area contributed by atoms with Gasteiger partial charge in [-0.05, 0) is 37.3 Å². The predicted octanol–water partition coefficient (Wildman–Crippen LogP) is 3.14. The first-order valence-electron chi connectivity index (χ1n) is 8.63. The Bertz CT molecular complexity index is 781. The molecule has 1 fully saturated rings. The van der Waals surface area contributed by atoms with Crippen molar-refractivity contribution in [3.63, 3.8) is 0 Å². The van der Waals surface area contributed by atoms with Gasteiger partial charge in [0.25, 0.3) is 0 Å². The molecule has 136 valence electrons. The standard InChI is InChI=1S/C20H23N3O3/c1-15-6-8-17(9-7-15)21-20(25)23-12-10-22(11-13-23)18-5-3-4-16(14-18)19(24)26-2/h3-9,14H,10-13H2,1-2H3,(H,21,25). The number of aryl methyl sites for hydroxylation is 1. The lowest BCUT2D eigenvalue weighted by atomic mass is 10.1. The van der Waals surface area contributed by atoms with E-state index in [2.05, 4.69) is 10.2 Å². The average molecular weight is 353 g/mol. The fraction of sp³-hybridized carbons (Fsp3) is 0.300. The van der Waals surface area contributed by atoms with Crippen molar-refractivity contribution < 1.29 is 14.3 Å². The number of hydrogen-bond acceptors (Lipinski definition) is 4. The number of nitrogens with one attached hydrogen (secondary N) is 1. The van der Waals surface area contributed by atoms with E-state index in [9.17, 15) is 9.59 Å². The Kier molecular flexibility index (Phi) is 5.41. The van der Waals surface area contributed by atoms with Gasteiger partial charge in [0.15, 0.2) is 0 Å². The van der Waals surface area contributed by atoms with Gasteiger partial charge in [0, 0.05) is 37.6 Å². The topological polar surface area (TPSA) is 61.9 Å². The molecule has 1 aliphatic heterocycles. The minimum atomic E-state index is -0.344. The zero-order valence-electron chi connectivity index (χ0n) is 15.1. The third-order valence-electron chi connectivity index (χ3n) is 4.50. The lowest BCUT2D eigenvalue weighted by Gasteiger charge is -2.36. The second kappa shape index (κ2) is 7.91. The van der Waals surface area contributed by atoms with Crippen molar-refractivity contribution in [3.05, 3.63) is 59.7 Å². The Morgan fingerprint density at radius 1 is 1.00 bits per heavy atom. The maximum atomic E-state index is 12.4.